The van der Waals surface area contributed by atoms with Gasteiger partial charge in [-0.2, -0.15) is 0 Å². The second-order valence-corrected chi connectivity index (χ2v) is 6.69. The minimum atomic E-state index is -1.11. The summed E-state index contributed by atoms with van der Waals surface area (Å²) in [5.74, 6) is -1.38. The predicted octanol–water partition coefficient (Wildman–Crippen LogP) is 4.59. The maximum Gasteiger partial charge on any atom is 0.337 e. The number of benzene rings is 2. The molecule has 2 rings (SSSR count). The monoisotopic (exact) mass is 331 g/mol. The van der Waals surface area contributed by atoms with Crippen molar-refractivity contribution in [1.29, 1.82) is 0 Å². The van der Waals surface area contributed by atoms with Crippen LogP contribution in [0.3, 0.4) is 0 Å². The van der Waals surface area contributed by atoms with Crippen LogP contribution < -0.4 is 5.32 Å². The fourth-order valence-electron chi connectivity index (χ4n) is 2.09. The molecule has 0 radical (unpaired) electrons. The van der Waals surface area contributed by atoms with Gasteiger partial charge in [-0.05, 0) is 41.3 Å². The zero-order valence-electron chi connectivity index (χ0n) is 13.2. The highest BCUT2D eigenvalue weighted by Crippen LogP contribution is 2.24. The molecule has 2 N–H and O–H groups in total. The fourth-order valence-corrected chi connectivity index (χ4v) is 2.35. The van der Waals surface area contributed by atoms with Gasteiger partial charge in [0.1, 0.15) is 0 Å². The summed E-state index contributed by atoms with van der Waals surface area (Å²) in [7, 11) is 0. The third kappa shape index (κ3) is 4.11. The highest BCUT2D eigenvalue weighted by atomic mass is 35.5. The number of rotatable bonds is 3. The van der Waals surface area contributed by atoms with Gasteiger partial charge in [-0.15, -0.1) is 0 Å². The molecule has 0 heterocycles. The van der Waals surface area contributed by atoms with Gasteiger partial charge in [-0.3, -0.25) is 4.79 Å². The van der Waals surface area contributed by atoms with Gasteiger partial charge in [-0.25, -0.2) is 4.79 Å². The highest BCUT2D eigenvalue weighted by molar-refractivity contribution is 6.33. The molecule has 0 aromatic heterocycles. The number of carboxylic acids is 1. The van der Waals surface area contributed by atoms with Crippen LogP contribution in [0.25, 0.3) is 0 Å². The van der Waals surface area contributed by atoms with E-state index in [-0.39, 0.29) is 21.9 Å². The molecule has 4 nitrogen and oxygen atoms in total. The second-order valence-electron chi connectivity index (χ2n) is 6.28. The first-order valence-corrected chi connectivity index (χ1v) is 7.51. The molecule has 2 aromatic carbocycles. The fraction of sp³-hybridized carbons (Fsp3) is 0.222. The average molecular weight is 332 g/mol. The lowest BCUT2D eigenvalue weighted by Crippen LogP contribution is -2.14. The van der Waals surface area contributed by atoms with E-state index in [1.165, 1.54) is 18.2 Å². The highest BCUT2D eigenvalue weighted by Gasteiger charge is 2.15. The Morgan fingerprint density at radius 1 is 1.04 bits per heavy atom. The van der Waals surface area contributed by atoms with Crippen molar-refractivity contribution >= 4 is 29.2 Å². The Hall–Kier alpha value is -2.33. The Kier molecular flexibility index (Phi) is 4.76. The van der Waals surface area contributed by atoms with Crippen molar-refractivity contribution in [2.45, 2.75) is 26.2 Å². The molecule has 0 atom stereocenters. The van der Waals surface area contributed by atoms with Gasteiger partial charge in [0.05, 0.1) is 10.6 Å². The largest absolute Gasteiger partial charge is 0.478 e. The van der Waals surface area contributed by atoms with Gasteiger partial charge in [0, 0.05) is 11.3 Å². The number of nitrogens with one attached hydrogen (secondary N) is 1. The normalized spacial score (nSPS) is 11.1. The molecule has 23 heavy (non-hydrogen) atoms. The van der Waals surface area contributed by atoms with Gasteiger partial charge in [0.25, 0.3) is 5.91 Å². The molecule has 0 aliphatic carbocycles. The zero-order valence-corrected chi connectivity index (χ0v) is 13.9. The van der Waals surface area contributed by atoms with Crippen LogP contribution in [0.15, 0.2) is 42.5 Å². The van der Waals surface area contributed by atoms with Gasteiger partial charge in [0.2, 0.25) is 0 Å². The number of carbonyl (C=O) groups is 2. The van der Waals surface area contributed by atoms with Gasteiger partial charge in [-0.1, -0.05) is 44.5 Å². The molecule has 0 saturated heterocycles. The third-order valence-electron chi connectivity index (χ3n) is 3.47. The first-order valence-electron chi connectivity index (χ1n) is 7.13. The lowest BCUT2D eigenvalue weighted by Gasteiger charge is -2.19. The van der Waals surface area contributed by atoms with E-state index < -0.39 is 5.97 Å². The molecule has 0 bridgehead atoms. The maximum absolute atomic E-state index is 12.2. The minimum Gasteiger partial charge on any atom is -0.478 e. The van der Waals surface area contributed by atoms with Crippen molar-refractivity contribution in [2.24, 2.45) is 0 Å². The summed E-state index contributed by atoms with van der Waals surface area (Å²) in [4.78, 5) is 23.2. The van der Waals surface area contributed by atoms with Crippen molar-refractivity contribution < 1.29 is 14.7 Å². The molecular formula is C18H18ClNO3. The van der Waals surface area contributed by atoms with E-state index in [0.29, 0.717) is 11.3 Å². The SMILES string of the molecule is CC(C)(C)c1ccc(C(=O)Nc2ccc(C(=O)O)c(Cl)c2)cc1. The first-order chi connectivity index (χ1) is 10.7. The maximum atomic E-state index is 12.2. The Morgan fingerprint density at radius 3 is 2.13 bits per heavy atom. The molecule has 0 aliphatic rings. The molecule has 0 unspecified atom stereocenters. The summed E-state index contributed by atoms with van der Waals surface area (Å²) in [6.07, 6.45) is 0. The summed E-state index contributed by atoms with van der Waals surface area (Å²) in [6.45, 7) is 6.32. The standard InChI is InChI=1S/C18H18ClNO3/c1-18(2,3)12-6-4-11(5-7-12)16(21)20-13-8-9-14(17(22)23)15(19)10-13/h4-10H,1-3H3,(H,20,21)(H,22,23). The van der Waals surface area contributed by atoms with Crippen LogP contribution >= 0.6 is 11.6 Å². The molecule has 5 heteroatoms. The van der Waals surface area contributed by atoms with Gasteiger partial charge in [0.15, 0.2) is 0 Å². The lowest BCUT2D eigenvalue weighted by atomic mass is 9.87. The van der Waals surface area contributed by atoms with Gasteiger partial charge < -0.3 is 10.4 Å². The van der Waals surface area contributed by atoms with Crippen LogP contribution in [0.4, 0.5) is 5.69 Å². The van der Waals surface area contributed by atoms with Crippen molar-refractivity contribution in [3.8, 4) is 0 Å². The second kappa shape index (κ2) is 6.42. The van der Waals surface area contributed by atoms with Crippen LogP contribution in [0.5, 0.6) is 0 Å². The van der Waals surface area contributed by atoms with E-state index in [4.69, 9.17) is 16.7 Å². The minimum absolute atomic E-state index is 0.000745. The number of anilines is 1. The molecule has 0 saturated carbocycles. The quantitative estimate of drug-likeness (QED) is 0.864. The van der Waals surface area contributed by atoms with Crippen LogP contribution in [0, 0.1) is 0 Å². The summed E-state index contributed by atoms with van der Waals surface area (Å²) < 4.78 is 0. The molecule has 0 spiro atoms. The molecule has 2 aromatic rings. The lowest BCUT2D eigenvalue weighted by molar-refractivity contribution is 0.0697. The number of aromatic carboxylic acids is 1. The smallest absolute Gasteiger partial charge is 0.337 e. The van der Waals surface area contributed by atoms with Crippen molar-refractivity contribution in [2.75, 3.05) is 5.32 Å². The Labute approximate surface area is 140 Å². The van der Waals surface area contributed by atoms with E-state index >= 15 is 0 Å². The molecule has 0 aliphatic heterocycles. The number of amides is 1. The average Bonchev–Trinajstić information content (AvgIpc) is 2.46. The van der Waals surface area contributed by atoms with Gasteiger partial charge >= 0.3 is 5.97 Å². The van der Waals surface area contributed by atoms with Crippen molar-refractivity contribution in [1.82, 2.24) is 0 Å². The third-order valence-corrected chi connectivity index (χ3v) is 3.78. The zero-order chi connectivity index (χ0) is 17.2. The number of halogens is 1. The number of carboxylic acid groups (broad SMARTS) is 1. The van der Waals surface area contributed by atoms with Crippen molar-refractivity contribution in [3.05, 3.63) is 64.2 Å². The van der Waals surface area contributed by atoms with E-state index in [0.717, 1.165) is 5.56 Å². The number of carbonyl (C=O) groups excluding carboxylic acids is 1. The van der Waals surface area contributed by atoms with E-state index in [1.54, 1.807) is 12.1 Å². The van der Waals surface area contributed by atoms with E-state index in [9.17, 15) is 9.59 Å². The molecular weight excluding hydrogens is 314 g/mol. The van der Waals surface area contributed by atoms with Crippen LogP contribution in [-0.2, 0) is 5.41 Å². The Morgan fingerprint density at radius 2 is 1.65 bits per heavy atom. The number of hydrogen-bond donors (Lipinski definition) is 2. The van der Waals surface area contributed by atoms with Crippen LogP contribution in [0.1, 0.15) is 47.1 Å². The Bertz CT molecular complexity index is 746. The van der Waals surface area contributed by atoms with E-state index in [1.807, 2.05) is 12.1 Å². The molecule has 120 valence electrons. The topological polar surface area (TPSA) is 66.4 Å². The molecule has 0 fully saturated rings. The van der Waals surface area contributed by atoms with Crippen LogP contribution in [-0.4, -0.2) is 17.0 Å². The summed E-state index contributed by atoms with van der Waals surface area (Å²) in [6, 6.07) is 11.7. The predicted molar refractivity (Wildman–Crippen MR) is 91.5 cm³/mol. The van der Waals surface area contributed by atoms with Crippen molar-refractivity contribution in [3.63, 3.8) is 0 Å². The van der Waals surface area contributed by atoms with E-state index in [2.05, 4.69) is 26.1 Å². The Balaban J connectivity index is 2.16. The summed E-state index contributed by atoms with van der Waals surface area (Å²) >= 11 is 5.89. The number of hydrogen-bond acceptors (Lipinski definition) is 2. The van der Waals surface area contributed by atoms with Crippen LogP contribution in [0.2, 0.25) is 5.02 Å². The summed E-state index contributed by atoms with van der Waals surface area (Å²) in [5.41, 5.74) is 2.14. The first kappa shape index (κ1) is 17.0. The summed E-state index contributed by atoms with van der Waals surface area (Å²) in [5, 5.41) is 11.7. The molecule has 1 amide bonds.